The van der Waals surface area contributed by atoms with Gasteiger partial charge in [-0.3, -0.25) is 0 Å². The average Bonchev–Trinajstić information content (AvgIpc) is 2.74. The van der Waals surface area contributed by atoms with Gasteiger partial charge in [0.25, 0.3) is 0 Å². The van der Waals surface area contributed by atoms with Crippen LogP contribution in [0.2, 0.25) is 0 Å². The summed E-state index contributed by atoms with van der Waals surface area (Å²) in [5.41, 5.74) is 0. The van der Waals surface area contributed by atoms with E-state index < -0.39 is 0 Å². The first kappa shape index (κ1) is 8.52. The molecule has 2 fully saturated rings. The van der Waals surface area contributed by atoms with Crippen LogP contribution in [0, 0.1) is 11.8 Å². The largest absolute Gasteiger partial charge is 0.393 e. The number of ether oxygens (including phenoxy) is 1. The van der Waals surface area contributed by atoms with Crippen LogP contribution in [0.5, 0.6) is 0 Å². The van der Waals surface area contributed by atoms with Crippen molar-refractivity contribution in [3.05, 3.63) is 0 Å². The first-order valence-electron chi connectivity index (χ1n) is 5.12. The number of hydrogen-bond donors (Lipinski definition) is 1. The van der Waals surface area contributed by atoms with E-state index in [1.165, 1.54) is 19.3 Å². The maximum Gasteiger partial charge on any atom is 0.0591 e. The van der Waals surface area contributed by atoms with Crippen LogP contribution >= 0.6 is 0 Å². The lowest BCUT2D eigenvalue weighted by atomic mass is 9.97. The predicted molar refractivity (Wildman–Crippen MR) is 46.9 cm³/mol. The number of aliphatic hydroxyl groups is 1. The van der Waals surface area contributed by atoms with Gasteiger partial charge in [0.05, 0.1) is 12.7 Å². The predicted octanol–water partition coefficient (Wildman–Crippen LogP) is 1.57. The fraction of sp³-hybridized carbons (Fsp3) is 1.00. The van der Waals surface area contributed by atoms with Gasteiger partial charge in [0.1, 0.15) is 0 Å². The van der Waals surface area contributed by atoms with Crippen molar-refractivity contribution in [3.63, 3.8) is 0 Å². The summed E-state index contributed by atoms with van der Waals surface area (Å²) in [7, 11) is 0. The first-order chi connectivity index (χ1) is 5.86. The number of hydrogen-bond acceptors (Lipinski definition) is 2. The topological polar surface area (TPSA) is 29.5 Å². The molecule has 2 aliphatic rings. The third kappa shape index (κ3) is 2.20. The van der Waals surface area contributed by atoms with Crippen molar-refractivity contribution in [1.82, 2.24) is 0 Å². The molecule has 2 heteroatoms. The molecule has 0 aromatic rings. The molecule has 1 heterocycles. The Morgan fingerprint density at radius 1 is 1.33 bits per heavy atom. The van der Waals surface area contributed by atoms with Crippen LogP contribution in [-0.4, -0.2) is 24.4 Å². The molecule has 1 aliphatic carbocycles. The fourth-order valence-corrected chi connectivity index (χ4v) is 1.90. The average molecular weight is 170 g/mol. The van der Waals surface area contributed by atoms with Crippen LogP contribution in [0.4, 0.5) is 0 Å². The van der Waals surface area contributed by atoms with Gasteiger partial charge in [-0.1, -0.05) is 12.8 Å². The Morgan fingerprint density at radius 3 is 2.75 bits per heavy atom. The summed E-state index contributed by atoms with van der Waals surface area (Å²) in [5.74, 6) is 1.38. The van der Waals surface area contributed by atoms with Gasteiger partial charge >= 0.3 is 0 Å². The molecule has 0 bridgehead atoms. The van der Waals surface area contributed by atoms with Crippen molar-refractivity contribution in [2.75, 3.05) is 13.2 Å². The highest BCUT2D eigenvalue weighted by Crippen LogP contribution is 2.35. The standard InChI is InChI=1S/C10H18O2/c11-10(4-3-8-1-2-8)9-5-6-12-7-9/h8-11H,1-7H2. The molecule has 0 aromatic carbocycles. The van der Waals surface area contributed by atoms with Crippen LogP contribution < -0.4 is 0 Å². The number of rotatable bonds is 4. The lowest BCUT2D eigenvalue weighted by molar-refractivity contribution is 0.0819. The molecular formula is C10H18O2. The third-order valence-corrected chi connectivity index (χ3v) is 3.08. The molecule has 2 atom stereocenters. The van der Waals surface area contributed by atoms with Gasteiger partial charge in [0.2, 0.25) is 0 Å². The molecule has 0 aromatic heterocycles. The van der Waals surface area contributed by atoms with Crippen LogP contribution in [-0.2, 0) is 4.74 Å². The molecule has 1 saturated carbocycles. The van der Waals surface area contributed by atoms with E-state index in [1.54, 1.807) is 0 Å². The maximum atomic E-state index is 9.75. The van der Waals surface area contributed by atoms with Gasteiger partial charge in [0.15, 0.2) is 0 Å². The summed E-state index contributed by atoms with van der Waals surface area (Å²) < 4.78 is 5.24. The smallest absolute Gasteiger partial charge is 0.0591 e. The van der Waals surface area contributed by atoms with E-state index >= 15 is 0 Å². The molecule has 0 amide bonds. The van der Waals surface area contributed by atoms with Crippen molar-refractivity contribution < 1.29 is 9.84 Å². The summed E-state index contributed by atoms with van der Waals surface area (Å²) in [6.07, 6.45) is 6.00. The second-order valence-electron chi connectivity index (χ2n) is 4.21. The van der Waals surface area contributed by atoms with E-state index in [0.29, 0.717) is 5.92 Å². The zero-order chi connectivity index (χ0) is 8.39. The van der Waals surface area contributed by atoms with E-state index in [4.69, 9.17) is 4.74 Å². The Balaban J connectivity index is 1.64. The van der Waals surface area contributed by atoms with Crippen LogP contribution in [0.25, 0.3) is 0 Å². The lowest BCUT2D eigenvalue weighted by Gasteiger charge is -2.15. The van der Waals surface area contributed by atoms with Gasteiger partial charge in [-0.15, -0.1) is 0 Å². The molecule has 1 aliphatic heterocycles. The van der Waals surface area contributed by atoms with Gasteiger partial charge in [0, 0.05) is 12.5 Å². The van der Waals surface area contributed by atoms with Gasteiger partial charge in [-0.05, 0) is 25.2 Å². The van der Waals surface area contributed by atoms with E-state index in [1.807, 2.05) is 0 Å². The molecule has 2 unspecified atom stereocenters. The van der Waals surface area contributed by atoms with E-state index in [0.717, 1.165) is 32.0 Å². The normalized spacial score (nSPS) is 32.2. The molecule has 1 saturated heterocycles. The molecule has 1 N–H and O–H groups in total. The zero-order valence-electron chi connectivity index (χ0n) is 7.54. The highest BCUT2D eigenvalue weighted by atomic mass is 16.5. The Hall–Kier alpha value is -0.0800. The van der Waals surface area contributed by atoms with E-state index in [2.05, 4.69) is 0 Å². The lowest BCUT2D eigenvalue weighted by Crippen LogP contribution is -2.20. The SMILES string of the molecule is OC(CCC1CC1)C1CCOC1. The molecule has 12 heavy (non-hydrogen) atoms. The summed E-state index contributed by atoms with van der Waals surface area (Å²) in [5, 5.41) is 9.75. The van der Waals surface area contributed by atoms with E-state index in [9.17, 15) is 5.11 Å². The van der Waals surface area contributed by atoms with Gasteiger partial charge < -0.3 is 9.84 Å². The molecule has 0 spiro atoms. The molecule has 2 rings (SSSR count). The van der Waals surface area contributed by atoms with Crippen LogP contribution in [0.3, 0.4) is 0 Å². The van der Waals surface area contributed by atoms with Crippen LogP contribution in [0.15, 0.2) is 0 Å². The van der Waals surface area contributed by atoms with Crippen LogP contribution in [0.1, 0.15) is 32.1 Å². The minimum absolute atomic E-state index is 0.0897. The van der Waals surface area contributed by atoms with E-state index in [-0.39, 0.29) is 6.10 Å². The minimum atomic E-state index is -0.0897. The molecule has 70 valence electrons. The summed E-state index contributed by atoms with van der Waals surface area (Å²) in [4.78, 5) is 0. The van der Waals surface area contributed by atoms with Gasteiger partial charge in [-0.2, -0.15) is 0 Å². The van der Waals surface area contributed by atoms with Crippen molar-refractivity contribution in [2.24, 2.45) is 11.8 Å². The second kappa shape index (κ2) is 3.75. The summed E-state index contributed by atoms with van der Waals surface area (Å²) in [6.45, 7) is 1.64. The summed E-state index contributed by atoms with van der Waals surface area (Å²) in [6, 6.07) is 0. The Bertz CT molecular complexity index is 137. The first-order valence-corrected chi connectivity index (χ1v) is 5.12. The molecular weight excluding hydrogens is 152 g/mol. The monoisotopic (exact) mass is 170 g/mol. The molecule has 2 nitrogen and oxygen atoms in total. The number of aliphatic hydroxyl groups excluding tert-OH is 1. The quantitative estimate of drug-likeness (QED) is 0.694. The van der Waals surface area contributed by atoms with Gasteiger partial charge in [-0.25, -0.2) is 0 Å². The second-order valence-corrected chi connectivity index (χ2v) is 4.21. The van der Waals surface area contributed by atoms with Crippen molar-refractivity contribution >= 4 is 0 Å². The minimum Gasteiger partial charge on any atom is -0.393 e. The van der Waals surface area contributed by atoms with Crippen molar-refractivity contribution in [3.8, 4) is 0 Å². The fourth-order valence-electron chi connectivity index (χ4n) is 1.90. The highest BCUT2D eigenvalue weighted by Gasteiger charge is 2.27. The maximum absolute atomic E-state index is 9.75. The van der Waals surface area contributed by atoms with Crippen molar-refractivity contribution in [1.29, 1.82) is 0 Å². The Labute approximate surface area is 73.9 Å². The Morgan fingerprint density at radius 2 is 2.17 bits per heavy atom. The summed E-state index contributed by atoms with van der Waals surface area (Å²) >= 11 is 0. The third-order valence-electron chi connectivity index (χ3n) is 3.08. The zero-order valence-corrected chi connectivity index (χ0v) is 7.54. The Kier molecular flexibility index (Phi) is 2.66. The molecule has 0 radical (unpaired) electrons. The highest BCUT2D eigenvalue weighted by molar-refractivity contribution is 4.78. The van der Waals surface area contributed by atoms with Crippen molar-refractivity contribution in [2.45, 2.75) is 38.2 Å².